The normalized spacial score (nSPS) is 20.7. The maximum Gasteiger partial charge on any atom is 0.309 e. The summed E-state index contributed by atoms with van der Waals surface area (Å²) in [6.45, 7) is 2.21. The van der Waals surface area contributed by atoms with Gasteiger partial charge in [0.1, 0.15) is 0 Å². The van der Waals surface area contributed by atoms with Gasteiger partial charge in [0.05, 0.1) is 23.7 Å². The van der Waals surface area contributed by atoms with Crippen LogP contribution >= 0.6 is 0 Å². The van der Waals surface area contributed by atoms with Gasteiger partial charge in [-0.3, -0.25) is 4.79 Å². The molecule has 2 aromatic rings. The Labute approximate surface area is 260 Å². The molecule has 0 bridgehead atoms. The lowest BCUT2D eigenvalue weighted by atomic mass is 9.81. The van der Waals surface area contributed by atoms with Crippen LogP contribution in [0.2, 0.25) is 0 Å². The lowest BCUT2D eigenvalue weighted by molar-refractivity contribution is -0.146. The Morgan fingerprint density at radius 1 is 0.860 bits per heavy atom. The van der Waals surface area contributed by atoms with Crippen LogP contribution in [0.25, 0.3) is 0 Å². The smallest absolute Gasteiger partial charge is 0.309 e. The molecule has 6 nitrogen and oxygen atoms in total. The van der Waals surface area contributed by atoms with E-state index in [9.17, 15) is 25.2 Å². The van der Waals surface area contributed by atoms with E-state index in [0.29, 0.717) is 25.7 Å². The second-order valence-corrected chi connectivity index (χ2v) is 13.3. The van der Waals surface area contributed by atoms with Crippen molar-refractivity contribution in [1.82, 2.24) is 4.98 Å². The van der Waals surface area contributed by atoms with Crippen molar-refractivity contribution in [3.63, 3.8) is 0 Å². The highest BCUT2D eigenvalue weighted by Crippen LogP contribution is 2.41. The minimum Gasteiger partial charge on any atom is -0.481 e. The Morgan fingerprint density at radius 3 is 2.19 bits per heavy atom. The van der Waals surface area contributed by atoms with Gasteiger partial charge < -0.3 is 25.4 Å². The van der Waals surface area contributed by atoms with Gasteiger partial charge in [-0.15, -0.1) is 0 Å². The Balaban J connectivity index is 1.35. The van der Waals surface area contributed by atoms with Crippen LogP contribution in [0.3, 0.4) is 0 Å². The number of benzene rings is 1. The van der Waals surface area contributed by atoms with E-state index >= 15 is 0 Å². The van der Waals surface area contributed by atoms with Crippen molar-refractivity contribution in [3.05, 3.63) is 59.4 Å². The quantitative estimate of drug-likeness (QED) is 0.0840. The molecule has 242 valence electrons. The molecule has 0 spiro atoms. The summed E-state index contributed by atoms with van der Waals surface area (Å²) >= 11 is 0. The standard InChI is InChI=1S/C37H59NO5/c1-2-3-4-5-11-18-33(39)19-12-6-7-13-20-34(36(41)42)35(40)25-27-37(43)26-14-17-30(37)28-32-24-23-31(38-32)22-21-29-15-9-8-10-16-29/h8-10,15-16,23-24,30,33-35,38-40,43H,2-7,11-14,17-22,25-28H2,1H3,(H,41,42)/t30-,33-,34-,35+,37-/m0/s1. The van der Waals surface area contributed by atoms with Gasteiger partial charge in [-0.25, -0.2) is 0 Å². The van der Waals surface area contributed by atoms with Crippen LogP contribution in [0.4, 0.5) is 0 Å². The van der Waals surface area contributed by atoms with Crippen molar-refractivity contribution in [1.29, 1.82) is 0 Å². The Bertz CT molecular complexity index is 1020. The summed E-state index contributed by atoms with van der Waals surface area (Å²) in [7, 11) is 0. The number of rotatable bonds is 23. The number of carbonyl (C=O) groups is 1. The largest absolute Gasteiger partial charge is 0.481 e. The summed E-state index contributed by atoms with van der Waals surface area (Å²) in [6.07, 6.45) is 16.7. The van der Waals surface area contributed by atoms with Crippen LogP contribution in [0.5, 0.6) is 0 Å². The molecule has 1 heterocycles. The topological polar surface area (TPSA) is 114 Å². The first kappa shape index (κ1) is 35.3. The van der Waals surface area contributed by atoms with Crippen LogP contribution in [0.1, 0.15) is 133 Å². The highest BCUT2D eigenvalue weighted by atomic mass is 16.4. The van der Waals surface area contributed by atoms with Gasteiger partial charge in [0.25, 0.3) is 0 Å². The van der Waals surface area contributed by atoms with Gasteiger partial charge in [-0.05, 0) is 87.8 Å². The van der Waals surface area contributed by atoms with Crippen molar-refractivity contribution in [2.45, 2.75) is 153 Å². The van der Waals surface area contributed by atoms with Crippen molar-refractivity contribution < 1.29 is 25.2 Å². The molecule has 1 aliphatic rings. The molecule has 0 unspecified atom stereocenters. The van der Waals surface area contributed by atoms with Crippen LogP contribution < -0.4 is 0 Å². The molecule has 43 heavy (non-hydrogen) atoms. The number of aliphatic carboxylic acids is 1. The highest BCUT2D eigenvalue weighted by Gasteiger charge is 2.41. The average molecular weight is 598 g/mol. The fraction of sp³-hybridized carbons (Fsp3) is 0.703. The van der Waals surface area contributed by atoms with Crippen molar-refractivity contribution >= 4 is 5.97 Å². The Kier molecular flexibility index (Phi) is 15.8. The summed E-state index contributed by atoms with van der Waals surface area (Å²) in [6, 6.07) is 14.7. The first-order valence-corrected chi connectivity index (χ1v) is 17.3. The molecule has 0 radical (unpaired) electrons. The van der Waals surface area contributed by atoms with E-state index in [-0.39, 0.29) is 12.0 Å². The fourth-order valence-electron chi connectivity index (χ4n) is 7.00. The third-order valence-corrected chi connectivity index (χ3v) is 9.82. The summed E-state index contributed by atoms with van der Waals surface area (Å²) in [5.41, 5.74) is 2.79. The molecule has 3 rings (SSSR count). The number of carboxylic acids is 1. The molecule has 0 amide bonds. The number of H-pyrrole nitrogens is 1. The minimum absolute atomic E-state index is 0.107. The number of hydrogen-bond donors (Lipinski definition) is 5. The third kappa shape index (κ3) is 12.8. The first-order chi connectivity index (χ1) is 20.8. The summed E-state index contributed by atoms with van der Waals surface area (Å²) < 4.78 is 0. The number of hydrogen-bond acceptors (Lipinski definition) is 4. The number of aliphatic hydroxyl groups excluding tert-OH is 2. The predicted octanol–water partition coefficient (Wildman–Crippen LogP) is 7.78. The molecule has 5 N–H and O–H groups in total. The van der Waals surface area contributed by atoms with E-state index in [1.54, 1.807) is 0 Å². The molecule has 1 aliphatic carbocycles. The van der Waals surface area contributed by atoms with Gasteiger partial charge in [-0.2, -0.15) is 0 Å². The number of aromatic amines is 1. The Hall–Kier alpha value is -2.15. The molecule has 1 aromatic carbocycles. The van der Waals surface area contributed by atoms with Gasteiger partial charge in [-0.1, -0.05) is 101 Å². The molecule has 0 aliphatic heterocycles. The molecule has 0 saturated heterocycles. The lowest BCUT2D eigenvalue weighted by Gasteiger charge is -2.32. The number of aryl methyl sites for hydroxylation is 2. The SMILES string of the molecule is CCCCCCC[C@H](O)CCCCCC[C@H](C(=O)O)[C@H](O)CC[C@@]1(O)CCC[C@H]1Cc1ccc(CCc2ccccc2)[nH]1. The van der Waals surface area contributed by atoms with Gasteiger partial charge >= 0.3 is 5.97 Å². The van der Waals surface area contributed by atoms with Gasteiger partial charge in [0, 0.05) is 11.4 Å². The third-order valence-electron chi connectivity index (χ3n) is 9.82. The summed E-state index contributed by atoms with van der Waals surface area (Å²) in [5.74, 6) is -1.64. The zero-order valence-corrected chi connectivity index (χ0v) is 26.7. The minimum atomic E-state index is -0.951. The van der Waals surface area contributed by atoms with Crippen LogP contribution in [0.15, 0.2) is 42.5 Å². The number of aliphatic hydroxyl groups is 3. The van der Waals surface area contributed by atoms with Crippen molar-refractivity contribution in [2.75, 3.05) is 0 Å². The molecule has 5 atom stereocenters. The van der Waals surface area contributed by atoms with Crippen LogP contribution in [-0.2, 0) is 24.1 Å². The van der Waals surface area contributed by atoms with E-state index in [4.69, 9.17) is 0 Å². The maximum absolute atomic E-state index is 12.0. The van der Waals surface area contributed by atoms with Crippen LogP contribution in [0, 0.1) is 11.8 Å². The zero-order valence-electron chi connectivity index (χ0n) is 26.7. The number of nitrogens with one attached hydrogen (secondary N) is 1. The lowest BCUT2D eigenvalue weighted by Crippen LogP contribution is -2.37. The second-order valence-electron chi connectivity index (χ2n) is 13.3. The monoisotopic (exact) mass is 597 g/mol. The number of carboxylic acid groups (broad SMARTS) is 1. The first-order valence-electron chi connectivity index (χ1n) is 17.3. The van der Waals surface area contributed by atoms with E-state index in [1.807, 2.05) is 6.07 Å². The average Bonchev–Trinajstić information content (AvgIpc) is 3.61. The molecule has 1 saturated carbocycles. The molecule has 1 fully saturated rings. The molecular formula is C37H59NO5. The van der Waals surface area contributed by atoms with Gasteiger partial charge in [0.15, 0.2) is 0 Å². The van der Waals surface area contributed by atoms with E-state index in [2.05, 4.69) is 48.3 Å². The molecule has 6 heteroatoms. The second kappa shape index (κ2) is 19.3. The zero-order chi connectivity index (χ0) is 30.9. The van der Waals surface area contributed by atoms with Crippen molar-refractivity contribution in [3.8, 4) is 0 Å². The summed E-state index contributed by atoms with van der Waals surface area (Å²) in [5, 5.41) is 42.4. The summed E-state index contributed by atoms with van der Waals surface area (Å²) in [4.78, 5) is 15.5. The predicted molar refractivity (Wildman–Crippen MR) is 174 cm³/mol. The maximum atomic E-state index is 12.0. The Morgan fingerprint density at radius 2 is 1.51 bits per heavy atom. The number of aromatic nitrogens is 1. The highest BCUT2D eigenvalue weighted by molar-refractivity contribution is 5.70. The van der Waals surface area contributed by atoms with E-state index in [0.717, 1.165) is 82.7 Å². The van der Waals surface area contributed by atoms with E-state index in [1.165, 1.54) is 36.9 Å². The van der Waals surface area contributed by atoms with E-state index < -0.39 is 23.6 Å². The van der Waals surface area contributed by atoms with Gasteiger partial charge in [0.2, 0.25) is 0 Å². The fourth-order valence-corrected chi connectivity index (χ4v) is 7.00. The number of unbranched alkanes of at least 4 members (excludes halogenated alkanes) is 7. The van der Waals surface area contributed by atoms with Crippen molar-refractivity contribution in [2.24, 2.45) is 11.8 Å². The molecule has 1 aromatic heterocycles. The molecular weight excluding hydrogens is 538 g/mol. The van der Waals surface area contributed by atoms with Crippen LogP contribution in [-0.4, -0.2) is 49.2 Å².